The predicted octanol–water partition coefficient (Wildman–Crippen LogP) is 8.54. The van der Waals surface area contributed by atoms with Gasteiger partial charge in [0.05, 0.1) is 22.0 Å². The number of alkyl halides is 3. The van der Waals surface area contributed by atoms with Crippen LogP contribution in [-0.4, -0.2) is 6.61 Å². The highest BCUT2D eigenvalue weighted by Crippen LogP contribution is 2.40. The Hall–Kier alpha value is -3.07. The maximum atomic E-state index is 13.9. The Morgan fingerprint density at radius 1 is 0.917 bits per heavy atom. The van der Waals surface area contributed by atoms with Crippen molar-refractivity contribution in [2.75, 3.05) is 6.61 Å². The lowest BCUT2D eigenvalue weighted by atomic mass is 10.2. The summed E-state index contributed by atoms with van der Waals surface area (Å²) in [5.41, 5.74) is -0.971. The van der Waals surface area contributed by atoms with Gasteiger partial charge in [-0.2, -0.15) is 13.2 Å². The Kier molecular flexibility index (Phi) is 7.59. The van der Waals surface area contributed by atoms with Crippen molar-refractivity contribution in [1.82, 2.24) is 0 Å². The van der Waals surface area contributed by atoms with Gasteiger partial charge < -0.3 is 18.6 Å². The average Bonchev–Trinajstić information content (AvgIpc) is 2.83. The molecule has 11 heteroatoms. The molecule has 36 heavy (non-hydrogen) atoms. The van der Waals surface area contributed by atoms with Crippen LogP contribution >= 0.6 is 34.8 Å². The number of fused-ring (bicyclic) bond motifs is 1. The molecule has 0 unspecified atom stereocenters. The molecule has 0 saturated heterocycles. The molecular weight excluding hydrogens is 544 g/mol. The molecule has 5 nitrogen and oxygen atoms in total. The van der Waals surface area contributed by atoms with Gasteiger partial charge in [-0.25, -0.2) is 0 Å². The van der Waals surface area contributed by atoms with E-state index in [1.807, 2.05) is 0 Å². The number of hydrogen-bond acceptors (Lipinski definition) is 5. The third-order valence-electron chi connectivity index (χ3n) is 4.96. The molecule has 1 heterocycles. The van der Waals surface area contributed by atoms with Crippen molar-refractivity contribution >= 4 is 45.8 Å². The topological polar surface area (TPSA) is 57.9 Å². The molecule has 0 spiro atoms. The molecule has 0 bridgehead atoms. The zero-order valence-corrected chi connectivity index (χ0v) is 20.7. The van der Waals surface area contributed by atoms with Crippen molar-refractivity contribution in [2.45, 2.75) is 19.7 Å². The summed E-state index contributed by atoms with van der Waals surface area (Å²) in [6, 6.07) is 13.0. The Bertz CT molecular complexity index is 1480. The molecule has 0 fully saturated rings. The SMILES string of the molecule is CCOc1ccccc1Oc1c(C(F)(F)F)oc2cc(OCc3c(Cl)ccc(Cl)c3Cl)ccc2c1=O. The van der Waals surface area contributed by atoms with Crippen LogP contribution in [0.3, 0.4) is 0 Å². The zero-order valence-electron chi connectivity index (χ0n) is 18.4. The van der Waals surface area contributed by atoms with E-state index in [0.29, 0.717) is 10.6 Å². The van der Waals surface area contributed by atoms with Gasteiger partial charge in [-0.05, 0) is 43.3 Å². The van der Waals surface area contributed by atoms with E-state index in [-0.39, 0.29) is 51.5 Å². The number of benzene rings is 3. The van der Waals surface area contributed by atoms with Gasteiger partial charge in [-0.3, -0.25) is 4.79 Å². The normalized spacial score (nSPS) is 11.5. The highest BCUT2D eigenvalue weighted by molar-refractivity contribution is 6.44. The van der Waals surface area contributed by atoms with E-state index in [1.165, 1.54) is 42.5 Å². The van der Waals surface area contributed by atoms with Crippen molar-refractivity contribution in [3.05, 3.63) is 91.2 Å². The number of para-hydroxylation sites is 2. The van der Waals surface area contributed by atoms with Crippen LogP contribution in [0.15, 0.2) is 63.8 Å². The quantitative estimate of drug-likeness (QED) is 0.212. The molecule has 0 aliphatic heterocycles. The van der Waals surface area contributed by atoms with Crippen LogP contribution in [0.4, 0.5) is 13.2 Å². The molecule has 0 radical (unpaired) electrons. The Morgan fingerprint density at radius 3 is 2.31 bits per heavy atom. The molecule has 0 atom stereocenters. The van der Waals surface area contributed by atoms with Gasteiger partial charge in [-0.1, -0.05) is 46.9 Å². The number of ether oxygens (including phenoxy) is 3. The summed E-state index contributed by atoms with van der Waals surface area (Å²) in [7, 11) is 0. The van der Waals surface area contributed by atoms with E-state index in [4.69, 9.17) is 53.4 Å². The second-order valence-corrected chi connectivity index (χ2v) is 8.53. The van der Waals surface area contributed by atoms with E-state index >= 15 is 0 Å². The van der Waals surface area contributed by atoms with E-state index in [2.05, 4.69) is 0 Å². The maximum Gasteiger partial charge on any atom is 0.453 e. The van der Waals surface area contributed by atoms with Crippen molar-refractivity contribution in [2.24, 2.45) is 0 Å². The molecule has 4 aromatic rings. The first kappa shape index (κ1) is 26.0. The van der Waals surface area contributed by atoms with Crippen LogP contribution in [0.2, 0.25) is 15.1 Å². The fraction of sp³-hybridized carbons (Fsp3) is 0.160. The monoisotopic (exact) mass is 558 g/mol. The zero-order chi connectivity index (χ0) is 26.0. The summed E-state index contributed by atoms with van der Waals surface area (Å²) in [5, 5.41) is 0.602. The standard InChI is InChI=1S/C25H16Cl3F3O5/c1-2-33-18-5-3-4-6-19(18)35-23-22(32)14-8-7-13(11-20(14)36-24(23)25(29,30)31)34-12-15-16(26)9-10-17(27)21(15)28/h3-11H,2,12H2,1H3. The first-order valence-corrected chi connectivity index (χ1v) is 11.6. The molecular formula is C25H16Cl3F3O5. The van der Waals surface area contributed by atoms with Crippen LogP contribution in [0.1, 0.15) is 18.2 Å². The van der Waals surface area contributed by atoms with E-state index < -0.39 is 23.1 Å². The first-order valence-electron chi connectivity index (χ1n) is 10.4. The lowest BCUT2D eigenvalue weighted by Gasteiger charge is -2.15. The second-order valence-electron chi connectivity index (χ2n) is 7.34. The summed E-state index contributed by atoms with van der Waals surface area (Å²) < 4.78 is 63.2. The summed E-state index contributed by atoms with van der Waals surface area (Å²) in [4.78, 5) is 13.1. The van der Waals surface area contributed by atoms with Crippen molar-refractivity contribution < 1.29 is 31.8 Å². The van der Waals surface area contributed by atoms with Crippen molar-refractivity contribution in [3.63, 3.8) is 0 Å². The van der Waals surface area contributed by atoms with Gasteiger partial charge in [0.15, 0.2) is 11.5 Å². The van der Waals surface area contributed by atoms with Crippen molar-refractivity contribution in [1.29, 1.82) is 0 Å². The summed E-state index contributed by atoms with van der Waals surface area (Å²) >= 11 is 18.3. The van der Waals surface area contributed by atoms with Gasteiger partial charge in [-0.15, -0.1) is 0 Å². The fourth-order valence-electron chi connectivity index (χ4n) is 3.30. The summed E-state index contributed by atoms with van der Waals surface area (Å²) in [6.45, 7) is 1.82. The van der Waals surface area contributed by atoms with Crippen LogP contribution in [0.5, 0.6) is 23.0 Å². The van der Waals surface area contributed by atoms with E-state index in [0.717, 1.165) is 6.07 Å². The molecule has 0 aliphatic rings. The van der Waals surface area contributed by atoms with Gasteiger partial charge >= 0.3 is 6.18 Å². The summed E-state index contributed by atoms with van der Waals surface area (Å²) in [6.07, 6.45) is -5.03. The third kappa shape index (κ3) is 5.36. The van der Waals surface area contributed by atoms with E-state index in [9.17, 15) is 18.0 Å². The van der Waals surface area contributed by atoms with Gasteiger partial charge in [0.1, 0.15) is 17.9 Å². The van der Waals surface area contributed by atoms with Crippen LogP contribution in [0, 0.1) is 0 Å². The largest absolute Gasteiger partial charge is 0.490 e. The fourth-order valence-corrected chi connectivity index (χ4v) is 3.96. The minimum atomic E-state index is -5.03. The number of rotatable bonds is 7. The highest BCUT2D eigenvalue weighted by atomic mass is 35.5. The Labute approximate surface area is 217 Å². The molecule has 3 aromatic carbocycles. The highest BCUT2D eigenvalue weighted by Gasteiger charge is 2.40. The van der Waals surface area contributed by atoms with Crippen molar-refractivity contribution in [3.8, 4) is 23.0 Å². The van der Waals surface area contributed by atoms with E-state index in [1.54, 1.807) is 13.0 Å². The van der Waals surface area contributed by atoms with Crippen LogP contribution in [-0.2, 0) is 12.8 Å². The lowest BCUT2D eigenvalue weighted by molar-refractivity contribution is -0.154. The minimum Gasteiger partial charge on any atom is -0.490 e. The molecule has 1 aromatic heterocycles. The molecule has 0 N–H and O–H groups in total. The van der Waals surface area contributed by atoms with Gasteiger partial charge in [0, 0.05) is 16.7 Å². The molecule has 188 valence electrons. The van der Waals surface area contributed by atoms with Gasteiger partial charge in [0.25, 0.3) is 5.76 Å². The molecule has 4 rings (SSSR count). The lowest BCUT2D eigenvalue weighted by Crippen LogP contribution is -2.15. The number of hydrogen-bond donors (Lipinski definition) is 0. The number of halogens is 6. The smallest absolute Gasteiger partial charge is 0.453 e. The molecule has 0 aliphatic carbocycles. The van der Waals surface area contributed by atoms with Crippen LogP contribution < -0.4 is 19.6 Å². The second kappa shape index (κ2) is 10.5. The minimum absolute atomic E-state index is 0.0632. The van der Waals surface area contributed by atoms with Crippen LogP contribution in [0.25, 0.3) is 11.0 Å². The first-order chi connectivity index (χ1) is 17.1. The Morgan fingerprint density at radius 2 is 1.61 bits per heavy atom. The third-order valence-corrected chi connectivity index (χ3v) is 6.16. The predicted molar refractivity (Wildman–Crippen MR) is 131 cm³/mol. The summed E-state index contributed by atoms with van der Waals surface area (Å²) in [5.74, 6) is -2.37. The molecule has 0 amide bonds. The molecule has 0 saturated carbocycles. The van der Waals surface area contributed by atoms with Gasteiger partial charge in [0.2, 0.25) is 11.2 Å². The maximum absolute atomic E-state index is 13.9. The average molecular weight is 560 g/mol. The Balaban J connectivity index is 1.74.